The number of thioether (sulfide) groups is 1. The molecule has 2 rings (SSSR count). The van der Waals surface area contributed by atoms with Gasteiger partial charge in [-0.2, -0.15) is 0 Å². The summed E-state index contributed by atoms with van der Waals surface area (Å²) in [6, 6.07) is 10.2. The second-order valence-electron chi connectivity index (χ2n) is 5.42. The van der Waals surface area contributed by atoms with E-state index in [0.29, 0.717) is 11.2 Å². The molecule has 1 aliphatic heterocycles. The summed E-state index contributed by atoms with van der Waals surface area (Å²) in [4.78, 5) is 6.96. The number of hydrogen-bond acceptors (Lipinski definition) is 3. The summed E-state index contributed by atoms with van der Waals surface area (Å²) in [6.07, 6.45) is 3.35. The van der Waals surface area contributed by atoms with Gasteiger partial charge in [0.1, 0.15) is 0 Å². The highest BCUT2D eigenvalue weighted by Gasteiger charge is 2.23. The van der Waals surface area contributed by atoms with Crippen LogP contribution in [0.5, 0.6) is 0 Å². The lowest BCUT2D eigenvalue weighted by Crippen LogP contribution is -2.24. The molecule has 3 heteroatoms. The van der Waals surface area contributed by atoms with Crippen LogP contribution in [0.3, 0.4) is 0 Å². The van der Waals surface area contributed by atoms with Gasteiger partial charge >= 0.3 is 0 Å². The Morgan fingerprint density at radius 1 is 1.21 bits per heavy atom. The molecule has 1 aliphatic rings. The van der Waals surface area contributed by atoms with E-state index in [1.165, 1.54) is 5.70 Å². The van der Waals surface area contributed by atoms with E-state index in [4.69, 9.17) is 4.99 Å². The summed E-state index contributed by atoms with van der Waals surface area (Å²) in [7, 11) is 4.22. The predicted molar refractivity (Wildman–Crippen MR) is 86.1 cm³/mol. The number of benzene rings is 1. The Morgan fingerprint density at radius 3 is 2.47 bits per heavy atom. The molecule has 1 aromatic carbocycles. The number of allylic oxidation sites excluding steroid dienone is 1. The fraction of sp³-hybridized carbons (Fsp3) is 0.438. The monoisotopic (exact) mass is 274 g/mol. The topological polar surface area (TPSA) is 15.6 Å². The average molecular weight is 274 g/mol. The first-order valence-corrected chi connectivity index (χ1v) is 7.62. The maximum atomic E-state index is 4.76. The molecule has 0 spiro atoms. The van der Waals surface area contributed by atoms with Gasteiger partial charge in [-0.25, -0.2) is 4.99 Å². The Balaban J connectivity index is 2.28. The molecular formula is C16H22N2S. The van der Waals surface area contributed by atoms with Gasteiger partial charge in [0, 0.05) is 25.0 Å². The molecule has 0 saturated heterocycles. The van der Waals surface area contributed by atoms with Crippen molar-refractivity contribution in [2.24, 2.45) is 10.9 Å². The molecule has 0 N–H and O–H groups in total. The van der Waals surface area contributed by atoms with Crippen molar-refractivity contribution in [3.05, 3.63) is 42.1 Å². The standard InChI is InChI=1S/C16H22N2S/c1-12(2)15-10-14(18(3)4)11-16(19-15)17-13-8-6-5-7-9-13/h5-9,11-12,15H,10H2,1-4H3. The van der Waals surface area contributed by atoms with Crippen LogP contribution in [-0.2, 0) is 0 Å². The SMILES string of the molecule is CC(C)C1CC(N(C)C)=CC(=Nc2ccccc2)S1. The number of nitrogens with zero attached hydrogens (tertiary/aromatic N) is 2. The minimum atomic E-state index is 0.616. The first-order chi connectivity index (χ1) is 9.06. The average Bonchev–Trinajstić information content (AvgIpc) is 2.39. The summed E-state index contributed by atoms with van der Waals surface area (Å²) in [5.74, 6) is 0.662. The normalized spacial score (nSPS) is 21.6. The third kappa shape index (κ3) is 3.87. The van der Waals surface area contributed by atoms with Crippen LogP contribution in [0.15, 0.2) is 47.1 Å². The molecule has 1 atom stereocenters. The highest BCUT2D eigenvalue weighted by Crippen LogP contribution is 2.34. The Bertz CT molecular complexity index is 475. The number of para-hydroxylation sites is 1. The second-order valence-corrected chi connectivity index (χ2v) is 6.68. The van der Waals surface area contributed by atoms with Crippen molar-refractivity contribution < 1.29 is 0 Å². The lowest BCUT2D eigenvalue weighted by Gasteiger charge is -2.29. The quantitative estimate of drug-likeness (QED) is 0.815. The molecule has 0 fully saturated rings. The van der Waals surface area contributed by atoms with Crippen LogP contribution < -0.4 is 0 Å². The summed E-state index contributed by atoms with van der Waals surface area (Å²) in [5.41, 5.74) is 2.40. The van der Waals surface area contributed by atoms with Crippen molar-refractivity contribution in [2.45, 2.75) is 25.5 Å². The summed E-state index contributed by atoms with van der Waals surface area (Å²) in [5, 5.41) is 1.74. The molecule has 19 heavy (non-hydrogen) atoms. The van der Waals surface area contributed by atoms with Crippen molar-refractivity contribution in [1.82, 2.24) is 4.90 Å². The smallest absolute Gasteiger partial charge is 0.0987 e. The van der Waals surface area contributed by atoms with Crippen LogP contribution in [0, 0.1) is 5.92 Å². The molecule has 0 radical (unpaired) electrons. The van der Waals surface area contributed by atoms with Crippen LogP contribution in [0.1, 0.15) is 20.3 Å². The molecule has 0 aliphatic carbocycles. The molecule has 102 valence electrons. The van der Waals surface area contributed by atoms with Gasteiger partial charge in [0.2, 0.25) is 0 Å². The molecule has 0 aromatic heterocycles. The van der Waals surface area contributed by atoms with Crippen molar-refractivity contribution in [2.75, 3.05) is 14.1 Å². The highest BCUT2D eigenvalue weighted by molar-refractivity contribution is 8.15. The van der Waals surface area contributed by atoms with Gasteiger partial charge in [-0.05, 0) is 30.5 Å². The van der Waals surface area contributed by atoms with E-state index in [0.717, 1.165) is 17.2 Å². The van der Waals surface area contributed by atoms with Crippen LogP contribution in [0.4, 0.5) is 5.69 Å². The van der Waals surface area contributed by atoms with E-state index in [2.05, 4.69) is 51.1 Å². The van der Waals surface area contributed by atoms with E-state index in [1.54, 1.807) is 0 Å². The summed E-state index contributed by atoms with van der Waals surface area (Å²) < 4.78 is 0. The Labute approximate surface area is 120 Å². The third-order valence-electron chi connectivity index (χ3n) is 3.29. The minimum Gasteiger partial charge on any atom is -0.381 e. The lowest BCUT2D eigenvalue weighted by molar-refractivity contribution is 0.463. The largest absolute Gasteiger partial charge is 0.381 e. The fourth-order valence-electron chi connectivity index (χ4n) is 2.01. The molecule has 1 aromatic rings. The van der Waals surface area contributed by atoms with E-state index in [9.17, 15) is 0 Å². The van der Waals surface area contributed by atoms with Gasteiger partial charge in [0.05, 0.1) is 10.7 Å². The fourth-order valence-corrected chi connectivity index (χ4v) is 3.21. The van der Waals surface area contributed by atoms with Gasteiger partial charge in [-0.1, -0.05) is 32.0 Å². The molecule has 1 heterocycles. The summed E-state index contributed by atoms with van der Waals surface area (Å²) >= 11 is 1.90. The first kappa shape index (κ1) is 14.2. The van der Waals surface area contributed by atoms with Crippen molar-refractivity contribution >= 4 is 22.5 Å². The van der Waals surface area contributed by atoms with Crippen molar-refractivity contribution in [3.63, 3.8) is 0 Å². The predicted octanol–water partition coefficient (Wildman–Crippen LogP) is 4.32. The maximum absolute atomic E-state index is 4.76. The first-order valence-electron chi connectivity index (χ1n) is 6.74. The Kier molecular flexibility index (Phi) is 4.70. The number of hydrogen-bond donors (Lipinski definition) is 0. The minimum absolute atomic E-state index is 0.616. The second kappa shape index (κ2) is 6.29. The molecule has 0 saturated carbocycles. The molecular weight excluding hydrogens is 252 g/mol. The van der Waals surface area contributed by atoms with Gasteiger partial charge in [-0.3, -0.25) is 0 Å². The van der Waals surface area contributed by atoms with Gasteiger partial charge < -0.3 is 4.90 Å². The van der Waals surface area contributed by atoms with Crippen LogP contribution in [-0.4, -0.2) is 29.3 Å². The van der Waals surface area contributed by atoms with Crippen LogP contribution in [0.25, 0.3) is 0 Å². The zero-order valence-electron chi connectivity index (χ0n) is 12.1. The molecule has 2 nitrogen and oxygen atoms in total. The van der Waals surface area contributed by atoms with Crippen molar-refractivity contribution in [3.8, 4) is 0 Å². The molecule has 0 amide bonds. The van der Waals surface area contributed by atoms with E-state index >= 15 is 0 Å². The van der Waals surface area contributed by atoms with Crippen molar-refractivity contribution in [1.29, 1.82) is 0 Å². The number of aliphatic imine (C=N–C) groups is 1. The molecule has 0 bridgehead atoms. The van der Waals surface area contributed by atoms with E-state index < -0.39 is 0 Å². The van der Waals surface area contributed by atoms with Gasteiger partial charge in [-0.15, -0.1) is 11.8 Å². The maximum Gasteiger partial charge on any atom is 0.0987 e. The third-order valence-corrected chi connectivity index (χ3v) is 4.75. The Morgan fingerprint density at radius 2 is 1.89 bits per heavy atom. The Hall–Kier alpha value is -1.22. The summed E-state index contributed by atoms with van der Waals surface area (Å²) in [6.45, 7) is 4.58. The molecule has 1 unspecified atom stereocenters. The van der Waals surface area contributed by atoms with Gasteiger partial charge in [0.25, 0.3) is 0 Å². The van der Waals surface area contributed by atoms with Crippen LogP contribution >= 0.6 is 11.8 Å². The van der Waals surface area contributed by atoms with E-state index in [-0.39, 0.29) is 0 Å². The zero-order chi connectivity index (χ0) is 13.8. The zero-order valence-corrected chi connectivity index (χ0v) is 12.9. The number of rotatable bonds is 3. The van der Waals surface area contributed by atoms with E-state index in [1.807, 2.05) is 30.0 Å². The van der Waals surface area contributed by atoms with Crippen LogP contribution in [0.2, 0.25) is 0 Å². The lowest BCUT2D eigenvalue weighted by atomic mass is 10.0. The van der Waals surface area contributed by atoms with Gasteiger partial charge in [0.15, 0.2) is 0 Å². The highest BCUT2D eigenvalue weighted by atomic mass is 32.2.